The molecule has 1 N–H and O–H groups in total. The quantitative estimate of drug-likeness (QED) is 0.495. The number of nitrogens with zero attached hydrogens (tertiary/aromatic N) is 2. The molecule has 6 rings (SSSR count). The first-order valence-corrected chi connectivity index (χ1v) is 12.1. The summed E-state index contributed by atoms with van der Waals surface area (Å²) in [7, 11) is 0. The average molecular weight is 495 g/mol. The number of alkyl halides is 3. The minimum Gasteiger partial charge on any atom is -0.448 e. The molecule has 3 aromatic rings. The van der Waals surface area contributed by atoms with Crippen LogP contribution in [0.2, 0.25) is 0 Å². The van der Waals surface area contributed by atoms with E-state index >= 15 is 0 Å². The Labute approximate surface area is 206 Å². The molecule has 5 nitrogen and oxygen atoms in total. The van der Waals surface area contributed by atoms with Gasteiger partial charge in [-0.25, -0.2) is 4.79 Å². The van der Waals surface area contributed by atoms with Gasteiger partial charge < -0.3 is 14.7 Å². The van der Waals surface area contributed by atoms with Gasteiger partial charge in [0, 0.05) is 42.6 Å². The highest BCUT2D eigenvalue weighted by molar-refractivity contribution is 5.79. The first kappa shape index (κ1) is 23.0. The van der Waals surface area contributed by atoms with Crippen molar-refractivity contribution >= 4 is 6.09 Å². The van der Waals surface area contributed by atoms with Crippen molar-refractivity contribution in [2.24, 2.45) is 0 Å². The van der Waals surface area contributed by atoms with Gasteiger partial charge in [-0.1, -0.05) is 54.6 Å². The van der Waals surface area contributed by atoms with Crippen LogP contribution in [0.4, 0.5) is 18.0 Å². The van der Waals surface area contributed by atoms with Gasteiger partial charge in [0.1, 0.15) is 12.3 Å². The molecule has 3 heterocycles. The lowest BCUT2D eigenvalue weighted by molar-refractivity contribution is -0.141. The lowest BCUT2D eigenvalue weighted by atomic mass is 9.81. The van der Waals surface area contributed by atoms with E-state index < -0.39 is 23.6 Å². The Kier molecular flexibility index (Phi) is 5.33. The molecule has 1 aliphatic carbocycles. The SMILES string of the molecule is O=C(OCC1c2ccccc2-c2ccccc21)N1C2CCC1CC(O)(c1ccc(C(F)(F)F)nc1)C2. The first-order valence-electron chi connectivity index (χ1n) is 12.1. The fourth-order valence-electron chi connectivity index (χ4n) is 6.26. The number of aliphatic hydroxyl groups is 1. The third kappa shape index (κ3) is 3.75. The normalized spacial score (nSPS) is 24.9. The summed E-state index contributed by atoms with van der Waals surface area (Å²) in [6, 6.07) is 18.0. The van der Waals surface area contributed by atoms with E-state index in [0.717, 1.165) is 34.5 Å². The predicted molar refractivity (Wildman–Crippen MR) is 126 cm³/mol. The summed E-state index contributed by atoms with van der Waals surface area (Å²) in [5, 5.41) is 11.3. The molecule has 1 amide bonds. The maximum absolute atomic E-state index is 13.2. The van der Waals surface area contributed by atoms with E-state index in [1.165, 1.54) is 6.07 Å². The molecule has 186 valence electrons. The zero-order chi connectivity index (χ0) is 25.1. The Hall–Kier alpha value is -3.39. The molecule has 2 atom stereocenters. The Bertz CT molecular complexity index is 1250. The van der Waals surface area contributed by atoms with Gasteiger partial charge in [-0.3, -0.25) is 4.98 Å². The van der Waals surface area contributed by atoms with Crippen molar-refractivity contribution in [3.63, 3.8) is 0 Å². The Morgan fingerprint density at radius 1 is 0.972 bits per heavy atom. The highest BCUT2D eigenvalue weighted by Gasteiger charge is 2.51. The van der Waals surface area contributed by atoms with Crippen molar-refractivity contribution in [1.82, 2.24) is 9.88 Å². The lowest BCUT2D eigenvalue weighted by Crippen LogP contribution is -2.52. The molecule has 0 saturated carbocycles. The number of ether oxygens (including phenoxy) is 1. The van der Waals surface area contributed by atoms with Gasteiger partial charge in [0.05, 0.1) is 5.60 Å². The topological polar surface area (TPSA) is 62.7 Å². The van der Waals surface area contributed by atoms with E-state index in [1.54, 1.807) is 4.90 Å². The van der Waals surface area contributed by atoms with Crippen LogP contribution >= 0.6 is 0 Å². The van der Waals surface area contributed by atoms with Crippen molar-refractivity contribution in [1.29, 1.82) is 0 Å². The summed E-state index contributed by atoms with van der Waals surface area (Å²) in [4.78, 5) is 18.5. The fourth-order valence-corrected chi connectivity index (χ4v) is 6.26. The molecule has 2 fully saturated rings. The van der Waals surface area contributed by atoms with E-state index in [4.69, 9.17) is 4.74 Å². The summed E-state index contributed by atoms with van der Waals surface area (Å²) in [6.45, 7) is 0.218. The Morgan fingerprint density at radius 3 is 2.08 bits per heavy atom. The van der Waals surface area contributed by atoms with Crippen LogP contribution in [-0.2, 0) is 16.5 Å². The molecular weight excluding hydrogens is 469 g/mol. The van der Waals surface area contributed by atoms with Crippen LogP contribution in [0.3, 0.4) is 0 Å². The van der Waals surface area contributed by atoms with Crippen molar-refractivity contribution in [3.8, 4) is 11.1 Å². The van der Waals surface area contributed by atoms with E-state index in [0.29, 0.717) is 18.4 Å². The number of fused-ring (bicyclic) bond motifs is 5. The average Bonchev–Trinajstić information content (AvgIpc) is 3.34. The van der Waals surface area contributed by atoms with Gasteiger partial charge >= 0.3 is 12.3 Å². The number of carbonyl (C=O) groups is 1. The number of hydrogen-bond donors (Lipinski definition) is 1. The number of pyridine rings is 1. The minimum absolute atomic E-state index is 0.0426. The second kappa shape index (κ2) is 8.34. The summed E-state index contributed by atoms with van der Waals surface area (Å²) >= 11 is 0. The van der Waals surface area contributed by atoms with E-state index in [-0.39, 0.29) is 37.5 Å². The summed E-state index contributed by atoms with van der Waals surface area (Å²) in [6.07, 6.45) is -1.94. The molecule has 2 aliphatic heterocycles. The van der Waals surface area contributed by atoms with E-state index in [2.05, 4.69) is 29.2 Å². The van der Waals surface area contributed by atoms with Crippen LogP contribution in [0.5, 0.6) is 0 Å². The monoisotopic (exact) mass is 494 g/mol. The number of carbonyl (C=O) groups excluding carboxylic acids is 1. The summed E-state index contributed by atoms with van der Waals surface area (Å²) < 4.78 is 44.5. The molecular formula is C28H25F3N2O3. The second-order valence-electron chi connectivity index (χ2n) is 9.97. The molecule has 2 bridgehead atoms. The fraction of sp³-hybridized carbons (Fsp3) is 0.357. The molecule has 0 spiro atoms. The van der Waals surface area contributed by atoms with Crippen molar-refractivity contribution in [3.05, 3.63) is 89.2 Å². The van der Waals surface area contributed by atoms with Crippen molar-refractivity contribution < 1.29 is 27.8 Å². The van der Waals surface area contributed by atoms with E-state index in [9.17, 15) is 23.1 Å². The molecule has 36 heavy (non-hydrogen) atoms. The van der Waals surface area contributed by atoms with Crippen LogP contribution in [0.15, 0.2) is 66.9 Å². The lowest BCUT2D eigenvalue weighted by Gasteiger charge is -2.43. The number of hydrogen-bond acceptors (Lipinski definition) is 4. The Morgan fingerprint density at radius 2 is 1.56 bits per heavy atom. The molecule has 2 unspecified atom stereocenters. The molecule has 2 saturated heterocycles. The molecule has 0 radical (unpaired) electrons. The number of halogens is 3. The minimum atomic E-state index is -4.53. The van der Waals surface area contributed by atoms with Crippen LogP contribution in [0, 0.1) is 0 Å². The van der Waals surface area contributed by atoms with Crippen LogP contribution in [0.25, 0.3) is 11.1 Å². The summed E-state index contributed by atoms with van der Waals surface area (Å²) in [5.41, 5.74) is 2.61. The van der Waals surface area contributed by atoms with Crippen LogP contribution < -0.4 is 0 Å². The van der Waals surface area contributed by atoms with Gasteiger partial charge in [0.15, 0.2) is 0 Å². The zero-order valence-electron chi connectivity index (χ0n) is 19.4. The van der Waals surface area contributed by atoms with Gasteiger partial charge in [0.2, 0.25) is 0 Å². The van der Waals surface area contributed by atoms with Gasteiger partial charge in [-0.2, -0.15) is 13.2 Å². The number of aromatic nitrogens is 1. The largest absolute Gasteiger partial charge is 0.448 e. The summed E-state index contributed by atoms with van der Waals surface area (Å²) in [5.74, 6) is -0.0426. The number of amides is 1. The first-order chi connectivity index (χ1) is 17.2. The number of rotatable bonds is 3. The predicted octanol–water partition coefficient (Wildman–Crippen LogP) is 5.86. The van der Waals surface area contributed by atoms with E-state index in [1.807, 2.05) is 24.3 Å². The maximum atomic E-state index is 13.2. The van der Waals surface area contributed by atoms with Gasteiger partial charge in [-0.15, -0.1) is 0 Å². The number of piperidine rings is 1. The van der Waals surface area contributed by atoms with Crippen molar-refractivity contribution in [2.75, 3.05) is 6.61 Å². The highest BCUT2D eigenvalue weighted by atomic mass is 19.4. The van der Waals surface area contributed by atoms with Crippen molar-refractivity contribution in [2.45, 2.75) is 55.5 Å². The van der Waals surface area contributed by atoms with Crippen LogP contribution in [0.1, 0.15) is 54.0 Å². The zero-order valence-corrected chi connectivity index (χ0v) is 19.4. The maximum Gasteiger partial charge on any atom is 0.433 e. The molecule has 3 aliphatic rings. The molecule has 1 aromatic heterocycles. The second-order valence-corrected chi connectivity index (χ2v) is 9.97. The number of benzene rings is 2. The highest BCUT2D eigenvalue weighted by Crippen LogP contribution is 2.47. The standard InChI is InChI=1S/C28H25F3N2O3/c29-28(30,31)25-12-9-17(15-32-25)27(35)13-18-10-11-19(14-27)33(18)26(34)36-16-24-22-7-3-1-5-20(22)21-6-2-4-8-23(21)24/h1-9,12,15,18-19,24,35H,10-11,13-14,16H2. The Balaban J connectivity index is 1.16. The third-order valence-corrected chi connectivity index (χ3v) is 7.90. The van der Waals surface area contributed by atoms with Gasteiger partial charge in [0.25, 0.3) is 0 Å². The molecule has 2 aromatic carbocycles. The van der Waals surface area contributed by atoms with Crippen LogP contribution in [-0.4, -0.2) is 39.8 Å². The smallest absolute Gasteiger partial charge is 0.433 e. The molecule has 8 heteroatoms. The third-order valence-electron chi connectivity index (χ3n) is 7.90. The van der Waals surface area contributed by atoms with Gasteiger partial charge in [-0.05, 0) is 41.2 Å².